The second-order valence-electron chi connectivity index (χ2n) is 10.9. The fourth-order valence-electron chi connectivity index (χ4n) is 6.31. The number of para-hydroxylation sites is 2. The highest BCUT2D eigenvalue weighted by atomic mass is 15.0. The number of hydrogen-bond donors (Lipinski definition) is 3. The van der Waals surface area contributed by atoms with Crippen molar-refractivity contribution in [3.05, 3.63) is 157 Å². The average Bonchev–Trinajstić information content (AvgIpc) is 3.66. The van der Waals surface area contributed by atoms with Gasteiger partial charge >= 0.3 is 0 Å². The minimum Gasteiger partial charge on any atom is -0.397 e. The fourth-order valence-corrected chi connectivity index (χ4v) is 6.31. The minimum atomic E-state index is 0.400. The molecule has 0 fully saturated rings. The van der Waals surface area contributed by atoms with Crippen molar-refractivity contribution in [2.75, 3.05) is 5.73 Å². The summed E-state index contributed by atoms with van der Waals surface area (Å²) in [6.07, 6.45) is 3.83. The summed E-state index contributed by atoms with van der Waals surface area (Å²) in [4.78, 5) is 3.72. The Balaban J connectivity index is 1.26. The molecule has 0 aliphatic heterocycles. The molecule has 2 heterocycles. The van der Waals surface area contributed by atoms with E-state index in [0.717, 1.165) is 44.5 Å². The van der Waals surface area contributed by atoms with Crippen LogP contribution >= 0.6 is 0 Å². The first kappa shape index (κ1) is 24.9. The number of nitrogens with zero attached hydrogens (tertiary/aromatic N) is 1. The second-order valence-corrected chi connectivity index (χ2v) is 10.9. The van der Waals surface area contributed by atoms with Gasteiger partial charge < -0.3 is 15.3 Å². The predicted octanol–water partition coefficient (Wildman–Crippen LogP) is 9.60. The zero-order chi connectivity index (χ0) is 28.9. The maximum Gasteiger partial charge on any atom is 0.0726 e. The summed E-state index contributed by atoms with van der Waals surface area (Å²) in [6, 6.07) is 46.2. The fraction of sp³-hybridized carbons (Fsp3) is 0. The molecule has 0 saturated carbocycles. The summed E-state index contributed by atoms with van der Waals surface area (Å²) in [5.74, 6) is 0. The van der Waals surface area contributed by atoms with Crippen molar-refractivity contribution in [3.63, 3.8) is 0 Å². The van der Waals surface area contributed by atoms with E-state index in [1.54, 1.807) is 0 Å². The Bertz CT molecular complexity index is 2320. The van der Waals surface area contributed by atoms with Crippen molar-refractivity contribution >= 4 is 44.0 Å². The highest BCUT2D eigenvalue weighted by Gasteiger charge is 2.18. The van der Waals surface area contributed by atoms with Crippen LogP contribution in [0.3, 0.4) is 0 Å². The van der Waals surface area contributed by atoms with Gasteiger partial charge in [0.25, 0.3) is 0 Å². The van der Waals surface area contributed by atoms with Gasteiger partial charge in [0.1, 0.15) is 0 Å². The largest absolute Gasteiger partial charge is 0.397 e. The zero-order valence-electron chi connectivity index (χ0n) is 23.4. The highest BCUT2D eigenvalue weighted by Crippen LogP contribution is 2.40. The topological polar surface area (TPSA) is 70.6 Å². The van der Waals surface area contributed by atoms with Crippen LogP contribution in [-0.2, 0) is 0 Å². The van der Waals surface area contributed by atoms with Crippen molar-refractivity contribution in [3.8, 4) is 27.9 Å². The predicted molar refractivity (Wildman–Crippen MR) is 180 cm³/mol. The normalized spacial score (nSPS) is 11.4. The third kappa shape index (κ3) is 4.12. The third-order valence-electron chi connectivity index (χ3n) is 8.37. The van der Waals surface area contributed by atoms with Gasteiger partial charge in [0, 0.05) is 51.1 Å². The van der Waals surface area contributed by atoms with E-state index < -0.39 is 0 Å². The van der Waals surface area contributed by atoms with E-state index >= 15 is 0 Å². The molecule has 0 saturated heterocycles. The number of benzene rings is 6. The number of nitrogens with two attached hydrogens (primary N) is 1. The van der Waals surface area contributed by atoms with E-state index in [4.69, 9.17) is 5.73 Å². The van der Waals surface area contributed by atoms with Gasteiger partial charge in [0.15, 0.2) is 0 Å². The van der Waals surface area contributed by atoms with Gasteiger partial charge in [-0.25, -0.2) is 0 Å². The average molecular weight is 553 g/mol. The van der Waals surface area contributed by atoms with E-state index in [9.17, 15) is 5.41 Å². The molecule has 0 amide bonds. The van der Waals surface area contributed by atoms with Crippen LogP contribution in [0.1, 0.15) is 11.1 Å². The van der Waals surface area contributed by atoms with Crippen LogP contribution in [0.25, 0.3) is 60.5 Å². The van der Waals surface area contributed by atoms with Crippen LogP contribution < -0.4 is 5.73 Å². The van der Waals surface area contributed by atoms with E-state index in [1.165, 1.54) is 21.5 Å². The lowest BCUT2D eigenvalue weighted by Gasteiger charge is -2.13. The molecular formula is C39H28N4. The number of nitrogens with one attached hydrogen (secondary N) is 2. The lowest BCUT2D eigenvalue weighted by Crippen LogP contribution is -2.05. The molecule has 0 unspecified atom stereocenters. The van der Waals surface area contributed by atoms with Crippen molar-refractivity contribution in [2.24, 2.45) is 0 Å². The maximum atomic E-state index is 9.26. The van der Waals surface area contributed by atoms with E-state index in [1.807, 2.05) is 65.5 Å². The Kier molecular flexibility index (Phi) is 5.73. The lowest BCUT2D eigenvalue weighted by atomic mass is 9.91. The first-order chi connectivity index (χ1) is 21.2. The highest BCUT2D eigenvalue weighted by molar-refractivity contribution is 6.24. The van der Waals surface area contributed by atoms with Crippen LogP contribution in [0.5, 0.6) is 0 Å². The van der Waals surface area contributed by atoms with Crippen LogP contribution in [-0.4, -0.2) is 15.3 Å². The van der Waals surface area contributed by atoms with Crippen molar-refractivity contribution in [1.82, 2.24) is 9.55 Å². The Morgan fingerprint density at radius 2 is 1.30 bits per heavy atom. The van der Waals surface area contributed by atoms with Crippen LogP contribution in [0, 0.1) is 5.41 Å². The smallest absolute Gasteiger partial charge is 0.0726 e. The molecule has 43 heavy (non-hydrogen) atoms. The Morgan fingerprint density at radius 1 is 0.605 bits per heavy atom. The summed E-state index contributed by atoms with van der Waals surface area (Å²) in [5.41, 5.74) is 16.6. The Morgan fingerprint density at radius 3 is 2.16 bits per heavy atom. The minimum absolute atomic E-state index is 0.400. The quantitative estimate of drug-likeness (QED) is 0.183. The van der Waals surface area contributed by atoms with Gasteiger partial charge in [0.05, 0.1) is 16.9 Å². The molecule has 4 nitrogen and oxygen atoms in total. The zero-order valence-corrected chi connectivity index (χ0v) is 23.4. The van der Waals surface area contributed by atoms with Gasteiger partial charge in [-0.05, 0) is 57.8 Å². The number of anilines is 1. The molecule has 0 aliphatic rings. The lowest BCUT2D eigenvalue weighted by molar-refractivity contribution is 1.08. The second kappa shape index (κ2) is 9.89. The number of H-pyrrole nitrogens is 1. The summed E-state index contributed by atoms with van der Waals surface area (Å²) in [7, 11) is 0. The summed E-state index contributed by atoms with van der Waals surface area (Å²) in [5, 5.41) is 14.2. The van der Waals surface area contributed by atoms with Gasteiger partial charge in [-0.15, -0.1) is 0 Å². The van der Waals surface area contributed by atoms with Gasteiger partial charge in [0.2, 0.25) is 0 Å². The van der Waals surface area contributed by atoms with Gasteiger partial charge in [-0.2, -0.15) is 0 Å². The van der Waals surface area contributed by atoms with Crippen LogP contribution in [0.4, 0.5) is 5.69 Å². The van der Waals surface area contributed by atoms with Crippen LogP contribution in [0.2, 0.25) is 0 Å². The molecule has 0 atom stereocenters. The molecule has 4 N–H and O–H groups in total. The van der Waals surface area contributed by atoms with Crippen molar-refractivity contribution in [2.45, 2.75) is 0 Å². The number of aromatic amines is 1. The number of rotatable bonds is 5. The van der Waals surface area contributed by atoms with Crippen LogP contribution in [0.15, 0.2) is 146 Å². The molecule has 2 aromatic heterocycles. The van der Waals surface area contributed by atoms with Crippen molar-refractivity contribution < 1.29 is 0 Å². The monoisotopic (exact) mass is 552 g/mol. The standard InChI is InChI=1S/C39H28N4/c40-35-24-43(28-14-2-1-3-15-28)23-34(35)38(41)31-18-7-6-16-29(31)25-12-10-13-26(21-25)33-22-27-11-4-5-17-30(27)37-32-19-8-9-20-36(32)42-39(33)37/h1-24,41-42H,40H2. The first-order valence-electron chi connectivity index (χ1n) is 14.4. The number of aromatic nitrogens is 2. The molecule has 0 radical (unpaired) electrons. The molecule has 0 bridgehead atoms. The van der Waals surface area contributed by atoms with E-state index in [2.05, 4.69) is 89.9 Å². The van der Waals surface area contributed by atoms with Crippen molar-refractivity contribution in [1.29, 1.82) is 5.41 Å². The SMILES string of the molecule is N=C(c1cn(-c2ccccc2)cc1N)c1ccccc1-c1cccc(-c2cc3ccccc3c3c2[nH]c2ccccc23)c1. The summed E-state index contributed by atoms with van der Waals surface area (Å²) in [6.45, 7) is 0. The number of nitrogen functional groups attached to an aromatic ring is 1. The molecular weight excluding hydrogens is 524 g/mol. The molecule has 8 aromatic rings. The van der Waals surface area contributed by atoms with Gasteiger partial charge in [-0.3, -0.25) is 5.41 Å². The molecule has 204 valence electrons. The van der Waals surface area contributed by atoms with E-state index in [0.29, 0.717) is 17.0 Å². The first-order valence-corrected chi connectivity index (χ1v) is 14.4. The maximum absolute atomic E-state index is 9.26. The molecule has 0 aliphatic carbocycles. The third-order valence-corrected chi connectivity index (χ3v) is 8.37. The number of hydrogen-bond acceptors (Lipinski definition) is 2. The summed E-state index contributed by atoms with van der Waals surface area (Å²) >= 11 is 0. The molecule has 6 aromatic carbocycles. The number of fused-ring (bicyclic) bond motifs is 5. The molecule has 4 heteroatoms. The Hall–Kier alpha value is -5.87. The van der Waals surface area contributed by atoms with E-state index in [-0.39, 0.29) is 0 Å². The Labute approximate surface area is 249 Å². The molecule has 8 rings (SSSR count). The summed E-state index contributed by atoms with van der Waals surface area (Å²) < 4.78 is 1.98. The van der Waals surface area contributed by atoms with Gasteiger partial charge in [-0.1, -0.05) is 103 Å². The molecule has 0 spiro atoms.